The number of rotatable bonds is 6. The summed E-state index contributed by atoms with van der Waals surface area (Å²) in [4.78, 5) is 14.2. The molecule has 4 rings (SSSR count). The molecule has 1 aliphatic heterocycles. The summed E-state index contributed by atoms with van der Waals surface area (Å²) in [6.45, 7) is 13.3. The van der Waals surface area contributed by atoms with Crippen molar-refractivity contribution < 1.29 is 0 Å². The minimum atomic E-state index is 0.825. The zero-order chi connectivity index (χ0) is 19.5. The van der Waals surface area contributed by atoms with Crippen LogP contribution in [-0.4, -0.2) is 61.9 Å². The number of piperazine rings is 1. The lowest BCUT2D eigenvalue weighted by molar-refractivity contribution is 0.247. The van der Waals surface area contributed by atoms with Crippen LogP contribution < -0.4 is 4.90 Å². The van der Waals surface area contributed by atoms with Crippen LogP contribution in [0.15, 0.2) is 36.8 Å². The molecule has 0 saturated carbocycles. The Kier molecular flexibility index (Phi) is 5.43. The van der Waals surface area contributed by atoms with Crippen LogP contribution in [0, 0.1) is 13.8 Å². The monoisotopic (exact) mass is 379 g/mol. The summed E-state index contributed by atoms with van der Waals surface area (Å²) in [6.07, 6.45) is 6.12. The summed E-state index contributed by atoms with van der Waals surface area (Å²) in [5, 5.41) is 4.63. The van der Waals surface area contributed by atoms with E-state index in [0.29, 0.717) is 0 Å². The van der Waals surface area contributed by atoms with Crippen LogP contribution in [0.4, 0.5) is 5.95 Å². The number of nitrogens with zero attached hydrogens (tertiary/aromatic N) is 7. The summed E-state index contributed by atoms with van der Waals surface area (Å²) in [7, 11) is 0. The summed E-state index contributed by atoms with van der Waals surface area (Å²) in [5.74, 6) is 0.825. The van der Waals surface area contributed by atoms with Crippen molar-refractivity contribution in [2.24, 2.45) is 0 Å². The van der Waals surface area contributed by atoms with E-state index in [0.717, 1.165) is 68.7 Å². The summed E-state index contributed by atoms with van der Waals surface area (Å²) in [5.41, 5.74) is 4.30. The van der Waals surface area contributed by atoms with Gasteiger partial charge in [-0.15, -0.1) is 0 Å². The van der Waals surface area contributed by atoms with E-state index in [1.807, 2.05) is 16.9 Å². The maximum Gasteiger partial charge on any atom is 0.225 e. The second-order valence-electron chi connectivity index (χ2n) is 7.35. The van der Waals surface area contributed by atoms with Crippen molar-refractivity contribution >= 4 is 5.95 Å². The third-order valence-corrected chi connectivity index (χ3v) is 5.58. The Morgan fingerprint density at radius 3 is 2.43 bits per heavy atom. The average molecular weight is 380 g/mol. The fourth-order valence-corrected chi connectivity index (χ4v) is 3.96. The van der Waals surface area contributed by atoms with Crippen LogP contribution >= 0.6 is 0 Å². The van der Waals surface area contributed by atoms with Crippen LogP contribution in [0.2, 0.25) is 0 Å². The molecule has 0 bridgehead atoms. The molecule has 28 heavy (non-hydrogen) atoms. The van der Waals surface area contributed by atoms with Gasteiger partial charge in [0.05, 0.1) is 11.4 Å². The smallest absolute Gasteiger partial charge is 0.225 e. The molecule has 0 atom stereocenters. The van der Waals surface area contributed by atoms with E-state index in [9.17, 15) is 0 Å². The zero-order valence-corrected chi connectivity index (χ0v) is 17.0. The molecule has 3 aromatic rings. The molecule has 148 valence electrons. The van der Waals surface area contributed by atoms with E-state index in [1.165, 1.54) is 5.69 Å². The lowest BCUT2D eigenvalue weighted by atomic mass is 10.1. The second-order valence-corrected chi connectivity index (χ2v) is 7.35. The molecule has 0 N–H and O–H groups in total. The highest BCUT2D eigenvalue weighted by molar-refractivity contribution is 5.65. The Labute approximate surface area is 166 Å². The lowest BCUT2D eigenvalue weighted by Crippen LogP contribution is -2.47. The van der Waals surface area contributed by atoms with Crippen LogP contribution in [0.5, 0.6) is 0 Å². The predicted molar refractivity (Wildman–Crippen MR) is 111 cm³/mol. The van der Waals surface area contributed by atoms with E-state index in [1.54, 1.807) is 0 Å². The maximum atomic E-state index is 4.89. The summed E-state index contributed by atoms with van der Waals surface area (Å²) in [6, 6.07) is 6.15. The van der Waals surface area contributed by atoms with Crippen molar-refractivity contribution in [2.75, 3.05) is 37.6 Å². The van der Waals surface area contributed by atoms with Crippen molar-refractivity contribution in [3.8, 4) is 11.3 Å². The maximum absolute atomic E-state index is 4.89. The van der Waals surface area contributed by atoms with Gasteiger partial charge in [-0.25, -0.2) is 9.97 Å². The average Bonchev–Trinajstić information content (AvgIpc) is 3.34. The molecule has 7 nitrogen and oxygen atoms in total. The van der Waals surface area contributed by atoms with Gasteiger partial charge in [-0.05, 0) is 39.0 Å². The third-order valence-electron chi connectivity index (χ3n) is 5.58. The van der Waals surface area contributed by atoms with E-state index in [-0.39, 0.29) is 0 Å². The molecule has 1 saturated heterocycles. The molecule has 0 radical (unpaired) electrons. The lowest BCUT2D eigenvalue weighted by Gasteiger charge is -2.34. The van der Waals surface area contributed by atoms with Gasteiger partial charge in [0.1, 0.15) is 0 Å². The number of anilines is 1. The largest absolute Gasteiger partial charge is 0.353 e. The number of hydrogen-bond acceptors (Lipinski definition) is 5. The molecule has 1 fully saturated rings. The summed E-state index contributed by atoms with van der Waals surface area (Å²) >= 11 is 0. The first-order valence-electron chi connectivity index (χ1n) is 10.1. The molecule has 0 aliphatic carbocycles. The van der Waals surface area contributed by atoms with E-state index < -0.39 is 0 Å². The van der Waals surface area contributed by atoms with Gasteiger partial charge in [0.15, 0.2) is 0 Å². The molecule has 1 aliphatic rings. The molecule has 3 aromatic heterocycles. The van der Waals surface area contributed by atoms with Crippen LogP contribution in [-0.2, 0) is 13.1 Å². The molecular weight excluding hydrogens is 350 g/mol. The van der Waals surface area contributed by atoms with E-state index in [4.69, 9.17) is 4.98 Å². The minimum Gasteiger partial charge on any atom is -0.353 e. The van der Waals surface area contributed by atoms with Crippen LogP contribution in [0.1, 0.15) is 18.3 Å². The summed E-state index contributed by atoms with van der Waals surface area (Å²) < 4.78 is 4.27. The first-order valence-corrected chi connectivity index (χ1v) is 10.1. The van der Waals surface area contributed by atoms with E-state index >= 15 is 0 Å². The van der Waals surface area contributed by atoms with Crippen LogP contribution in [0.25, 0.3) is 11.3 Å². The SMILES string of the molecule is CCn1nc(C)c(-c2ccnc(N3CCN(CCn4cccc4)CC3)n2)c1C. The van der Waals surface area contributed by atoms with Gasteiger partial charge in [0.2, 0.25) is 5.95 Å². The highest BCUT2D eigenvalue weighted by atomic mass is 15.3. The highest BCUT2D eigenvalue weighted by Gasteiger charge is 2.20. The molecule has 0 aromatic carbocycles. The molecule has 0 unspecified atom stereocenters. The van der Waals surface area contributed by atoms with Crippen molar-refractivity contribution in [3.63, 3.8) is 0 Å². The number of aryl methyl sites for hydroxylation is 2. The standard InChI is InChI=1S/C21H29N7/c1-4-28-18(3)20(17(2)24-28)19-7-8-22-21(23-19)27-15-13-26(14-16-27)12-11-25-9-5-6-10-25/h5-10H,4,11-16H2,1-3H3. The topological polar surface area (TPSA) is 55.0 Å². The first kappa shape index (κ1) is 18.7. The fraction of sp³-hybridized carbons (Fsp3) is 0.476. The van der Waals surface area contributed by atoms with Gasteiger partial charge in [0, 0.05) is 75.7 Å². The van der Waals surface area contributed by atoms with Gasteiger partial charge in [-0.3, -0.25) is 9.58 Å². The number of aromatic nitrogens is 5. The molecule has 0 amide bonds. The number of hydrogen-bond donors (Lipinski definition) is 0. The van der Waals surface area contributed by atoms with Crippen LogP contribution in [0.3, 0.4) is 0 Å². The molecule has 4 heterocycles. The predicted octanol–water partition coefficient (Wildman–Crippen LogP) is 2.60. The van der Waals surface area contributed by atoms with Gasteiger partial charge >= 0.3 is 0 Å². The third kappa shape index (κ3) is 3.80. The Bertz CT molecular complexity index is 905. The molecular formula is C21H29N7. The Morgan fingerprint density at radius 1 is 1.00 bits per heavy atom. The first-order chi connectivity index (χ1) is 13.7. The second kappa shape index (κ2) is 8.14. The molecule has 7 heteroatoms. The van der Waals surface area contributed by atoms with E-state index in [2.05, 4.69) is 69.7 Å². The van der Waals surface area contributed by atoms with Crippen molar-refractivity contribution in [1.29, 1.82) is 0 Å². The van der Waals surface area contributed by atoms with Gasteiger partial charge in [0.25, 0.3) is 0 Å². The normalized spacial score (nSPS) is 15.3. The minimum absolute atomic E-state index is 0.825. The van der Waals surface area contributed by atoms with Gasteiger partial charge in [-0.2, -0.15) is 5.10 Å². The van der Waals surface area contributed by atoms with Gasteiger partial charge in [-0.1, -0.05) is 0 Å². The molecule has 0 spiro atoms. The Morgan fingerprint density at radius 2 is 1.75 bits per heavy atom. The zero-order valence-electron chi connectivity index (χ0n) is 17.0. The Hall–Kier alpha value is -2.67. The quantitative estimate of drug-likeness (QED) is 0.659. The Balaban J connectivity index is 1.42. The van der Waals surface area contributed by atoms with Crippen molar-refractivity contribution in [1.82, 2.24) is 29.2 Å². The van der Waals surface area contributed by atoms with Crippen molar-refractivity contribution in [2.45, 2.75) is 33.9 Å². The van der Waals surface area contributed by atoms with Gasteiger partial charge < -0.3 is 9.47 Å². The fourth-order valence-electron chi connectivity index (χ4n) is 3.96. The highest BCUT2D eigenvalue weighted by Crippen LogP contribution is 2.26. The van der Waals surface area contributed by atoms with Crippen molar-refractivity contribution in [3.05, 3.63) is 48.2 Å².